The molecule has 0 amide bonds. The molecule has 0 aromatic heterocycles. The first-order valence-corrected chi connectivity index (χ1v) is 11.9. The Bertz CT molecular complexity index is 1040. The highest BCUT2D eigenvalue weighted by Crippen LogP contribution is 2.30. The molecule has 0 radical (unpaired) electrons. The molecule has 10 heteroatoms. The molecule has 1 heterocycles. The first kappa shape index (κ1) is 19.6. The van der Waals surface area contributed by atoms with Gasteiger partial charge < -0.3 is 0 Å². The maximum atomic E-state index is 12.7. The molecule has 0 bridgehead atoms. The lowest BCUT2D eigenvalue weighted by molar-refractivity contribution is 0.477. The molecule has 6 nitrogen and oxygen atoms in total. The average molecular weight is 480 g/mol. The van der Waals surface area contributed by atoms with Crippen molar-refractivity contribution in [3.8, 4) is 0 Å². The standard InChI is InChI=1S/C16H16BrClN2O4S2/c17-12-4-3-5-14(10-12)25(21,22)19-13-6-7-15(18)16(11-13)26(23,24)20-8-1-2-9-20/h3-7,10-11,19H,1-2,8-9H2. The Morgan fingerprint density at radius 3 is 2.35 bits per heavy atom. The van der Waals surface area contributed by atoms with Crippen LogP contribution < -0.4 is 4.72 Å². The minimum Gasteiger partial charge on any atom is -0.280 e. The quantitative estimate of drug-likeness (QED) is 0.709. The van der Waals surface area contributed by atoms with Crippen LogP contribution in [0.4, 0.5) is 5.69 Å². The van der Waals surface area contributed by atoms with E-state index in [1.165, 1.54) is 34.6 Å². The molecular formula is C16H16BrClN2O4S2. The van der Waals surface area contributed by atoms with Gasteiger partial charge in [-0.1, -0.05) is 33.6 Å². The average Bonchev–Trinajstić information content (AvgIpc) is 3.12. The van der Waals surface area contributed by atoms with Crippen LogP contribution in [0.15, 0.2) is 56.7 Å². The van der Waals surface area contributed by atoms with Crippen LogP contribution in [0.25, 0.3) is 0 Å². The van der Waals surface area contributed by atoms with Crippen LogP contribution in [0.5, 0.6) is 0 Å². The van der Waals surface area contributed by atoms with Crippen molar-refractivity contribution in [1.29, 1.82) is 0 Å². The van der Waals surface area contributed by atoms with Crippen LogP contribution >= 0.6 is 27.5 Å². The summed E-state index contributed by atoms with van der Waals surface area (Å²) in [6.45, 7) is 0.874. The van der Waals surface area contributed by atoms with Gasteiger partial charge in [0.2, 0.25) is 10.0 Å². The fraction of sp³-hybridized carbons (Fsp3) is 0.250. The lowest BCUT2D eigenvalue weighted by Gasteiger charge is -2.17. The van der Waals surface area contributed by atoms with Crippen LogP contribution in [0.1, 0.15) is 12.8 Å². The van der Waals surface area contributed by atoms with Crippen LogP contribution in [0.3, 0.4) is 0 Å². The molecule has 0 spiro atoms. The summed E-state index contributed by atoms with van der Waals surface area (Å²) in [5, 5.41) is 0.0577. The van der Waals surface area contributed by atoms with Gasteiger partial charge in [0.25, 0.3) is 10.0 Å². The maximum Gasteiger partial charge on any atom is 0.261 e. The molecule has 1 saturated heterocycles. The Hall–Kier alpha value is -1.13. The van der Waals surface area contributed by atoms with Crippen molar-refractivity contribution in [2.24, 2.45) is 0 Å². The third-order valence-corrected chi connectivity index (χ3v) is 8.23. The van der Waals surface area contributed by atoms with E-state index >= 15 is 0 Å². The molecule has 0 saturated carbocycles. The summed E-state index contributed by atoms with van der Waals surface area (Å²) in [5.41, 5.74) is 0.132. The van der Waals surface area contributed by atoms with Crippen molar-refractivity contribution < 1.29 is 16.8 Å². The van der Waals surface area contributed by atoms with Crippen LogP contribution in [0, 0.1) is 0 Å². The highest BCUT2D eigenvalue weighted by molar-refractivity contribution is 9.10. The summed E-state index contributed by atoms with van der Waals surface area (Å²) >= 11 is 9.31. The van der Waals surface area contributed by atoms with Gasteiger partial charge in [0.15, 0.2) is 0 Å². The molecule has 140 valence electrons. The fourth-order valence-corrected chi connectivity index (χ4v) is 6.34. The van der Waals surface area contributed by atoms with Gasteiger partial charge in [0.05, 0.1) is 15.6 Å². The zero-order valence-corrected chi connectivity index (χ0v) is 17.5. The third kappa shape index (κ3) is 4.07. The van der Waals surface area contributed by atoms with Gasteiger partial charge in [0.1, 0.15) is 4.90 Å². The van der Waals surface area contributed by atoms with E-state index in [0.29, 0.717) is 17.6 Å². The van der Waals surface area contributed by atoms with E-state index in [2.05, 4.69) is 20.7 Å². The first-order valence-electron chi connectivity index (χ1n) is 7.78. The first-order chi connectivity index (χ1) is 12.2. The number of hydrogen-bond donors (Lipinski definition) is 1. The molecule has 2 aromatic carbocycles. The summed E-state index contributed by atoms with van der Waals surface area (Å²) in [4.78, 5) is -0.0405. The molecule has 1 fully saturated rings. The van der Waals surface area contributed by atoms with E-state index in [1.54, 1.807) is 12.1 Å². The Balaban J connectivity index is 1.95. The highest BCUT2D eigenvalue weighted by atomic mass is 79.9. The third-order valence-electron chi connectivity index (χ3n) is 3.97. The van der Waals surface area contributed by atoms with Crippen LogP contribution in [-0.2, 0) is 20.0 Å². The van der Waals surface area contributed by atoms with Crippen molar-refractivity contribution in [2.45, 2.75) is 22.6 Å². The van der Waals surface area contributed by atoms with Crippen molar-refractivity contribution in [2.75, 3.05) is 17.8 Å². The van der Waals surface area contributed by atoms with Gasteiger partial charge in [-0.05, 0) is 49.2 Å². The van der Waals surface area contributed by atoms with Crippen molar-refractivity contribution in [1.82, 2.24) is 4.31 Å². The second-order valence-corrected chi connectivity index (χ2v) is 10.7. The normalized spacial score (nSPS) is 15.9. The maximum absolute atomic E-state index is 12.7. The lowest BCUT2D eigenvalue weighted by Crippen LogP contribution is -2.28. The lowest BCUT2D eigenvalue weighted by atomic mass is 10.3. The van der Waals surface area contributed by atoms with E-state index < -0.39 is 20.0 Å². The monoisotopic (exact) mass is 478 g/mol. The number of nitrogens with zero attached hydrogens (tertiary/aromatic N) is 1. The summed E-state index contributed by atoms with van der Waals surface area (Å²) in [6.07, 6.45) is 1.60. The minimum atomic E-state index is -3.86. The second kappa shape index (κ2) is 7.47. The molecule has 1 aliphatic rings. The highest BCUT2D eigenvalue weighted by Gasteiger charge is 2.29. The number of halogens is 2. The molecular weight excluding hydrogens is 464 g/mol. The van der Waals surface area contributed by atoms with Crippen LogP contribution in [0.2, 0.25) is 5.02 Å². The molecule has 0 unspecified atom stereocenters. The zero-order chi connectivity index (χ0) is 18.9. The van der Waals surface area contributed by atoms with Crippen molar-refractivity contribution >= 4 is 53.3 Å². The summed E-state index contributed by atoms with van der Waals surface area (Å²) < 4.78 is 54.9. The van der Waals surface area contributed by atoms with Gasteiger partial charge in [-0.15, -0.1) is 0 Å². The van der Waals surface area contributed by atoms with E-state index in [0.717, 1.165) is 12.8 Å². The van der Waals surface area contributed by atoms with Gasteiger partial charge in [-0.25, -0.2) is 16.8 Å². The largest absolute Gasteiger partial charge is 0.280 e. The Morgan fingerprint density at radius 2 is 1.69 bits per heavy atom. The predicted molar refractivity (Wildman–Crippen MR) is 104 cm³/mol. The number of rotatable bonds is 5. The zero-order valence-electron chi connectivity index (χ0n) is 13.5. The Kier molecular flexibility index (Phi) is 5.64. The number of anilines is 1. The molecule has 3 rings (SSSR count). The van der Waals surface area contributed by atoms with E-state index in [1.807, 2.05) is 0 Å². The number of benzene rings is 2. The number of hydrogen-bond acceptors (Lipinski definition) is 4. The number of sulfonamides is 2. The van der Waals surface area contributed by atoms with E-state index in [9.17, 15) is 16.8 Å². The molecule has 26 heavy (non-hydrogen) atoms. The second-order valence-electron chi connectivity index (χ2n) is 5.82. The van der Waals surface area contributed by atoms with Gasteiger partial charge in [-0.3, -0.25) is 4.72 Å². The topological polar surface area (TPSA) is 83.5 Å². The fourth-order valence-electron chi connectivity index (χ4n) is 2.68. The molecule has 1 N–H and O–H groups in total. The van der Waals surface area contributed by atoms with E-state index in [-0.39, 0.29) is 20.5 Å². The summed E-state index contributed by atoms with van der Waals surface area (Å²) in [7, 11) is -7.62. The summed E-state index contributed by atoms with van der Waals surface area (Å²) in [6, 6.07) is 10.3. The smallest absolute Gasteiger partial charge is 0.261 e. The SMILES string of the molecule is O=S(=O)(Nc1ccc(Cl)c(S(=O)(=O)N2CCCC2)c1)c1cccc(Br)c1. The summed E-state index contributed by atoms with van der Waals surface area (Å²) in [5.74, 6) is 0. The molecule has 0 atom stereocenters. The van der Waals surface area contributed by atoms with Crippen molar-refractivity contribution in [3.63, 3.8) is 0 Å². The molecule has 0 aliphatic carbocycles. The predicted octanol–water partition coefficient (Wildman–Crippen LogP) is 3.69. The Morgan fingerprint density at radius 1 is 1.00 bits per heavy atom. The van der Waals surface area contributed by atoms with Crippen molar-refractivity contribution in [3.05, 3.63) is 52.0 Å². The van der Waals surface area contributed by atoms with E-state index in [4.69, 9.17) is 11.6 Å². The van der Waals surface area contributed by atoms with Gasteiger partial charge in [0, 0.05) is 17.6 Å². The molecule has 2 aromatic rings. The van der Waals surface area contributed by atoms with Crippen LogP contribution in [-0.4, -0.2) is 34.2 Å². The van der Waals surface area contributed by atoms with Gasteiger partial charge in [-0.2, -0.15) is 4.31 Å². The minimum absolute atomic E-state index is 0.0577. The number of nitrogens with one attached hydrogen (secondary N) is 1. The molecule has 1 aliphatic heterocycles. The Labute approximate surface area is 166 Å². The van der Waals surface area contributed by atoms with Gasteiger partial charge >= 0.3 is 0 Å².